The monoisotopic (exact) mass is 438 g/mol. The van der Waals surface area contributed by atoms with E-state index in [1.807, 2.05) is 72.8 Å². The van der Waals surface area contributed by atoms with Crippen LogP contribution in [0.3, 0.4) is 0 Å². The smallest absolute Gasteiger partial charge is 0.273 e. The Hall–Kier alpha value is -2.93. The molecule has 0 unspecified atom stereocenters. The Morgan fingerprint density at radius 1 is 0.968 bits per heavy atom. The molecule has 0 aliphatic carbocycles. The minimum Gasteiger partial charge on any atom is -0.343 e. The molecule has 2 aromatic heterocycles. The lowest BCUT2D eigenvalue weighted by atomic mass is 10.2. The molecule has 0 radical (unpaired) electrons. The van der Waals surface area contributed by atoms with Crippen molar-refractivity contribution in [3.05, 3.63) is 76.0 Å². The first-order valence-electron chi connectivity index (χ1n) is 10.8. The van der Waals surface area contributed by atoms with E-state index >= 15 is 0 Å². The second-order valence-corrected chi connectivity index (χ2v) is 8.27. The molecule has 0 bridgehead atoms. The van der Waals surface area contributed by atoms with Crippen LogP contribution < -0.4 is 0 Å². The molecule has 31 heavy (non-hydrogen) atoms. The van der Waals surface area contributed by atoms with E-state index in [4.69, 9.17) is 0 Å². The van der Waals surface area contributed by atoms with Gasteiger partial charge in [-0.05, 0) is 44.5 Å². The summed E-state index contributed by atoms with van der Waals surface area (Å²) >= 11 is 1.50. The molecular weight excluding hydrogens is 408 g/mol. The van der Waals surface area contributed by atoms with Crippen molar-refractivity contribution < 1.29 is 9.59 Å². The van der Waals surface area contributed by atoms with Crippen LogP contribution in [0.4, 0.5) is 0 Å². The number of benzene rings is 1. The molecule has 0 aliphatic rings. The van der Waals surface area contributed by atoms with Gasteiger partial charge in [0.25, 0.3) is 11.8 Å². The summed E-state index contributed by atoms with van der Waals surface area (Å²) in [5.41, 5.74) is 2.25. The van der Waals surface area contributed by atoms with Gasteiger partial charge in [0.05, 0.1) is 13.1 Å². The van der Waals surface area contributed by atoms with Crippen LogP contribution in [-0.4, -0.2) is 50.8 Å². The van der Waals surface area contributed by atoms with Gasteiger partial charge >= 0.3 is 0 Å². The molecule has 1 aromatic carbocycles. The zero-order valence-electron chi connectivity index (χ0n) is 18.5. The maximum absolute atomic E-state index is 13.0. The van der Waals surface area contributed by atoms with Gasteiger partial charge in [0.15, 0.2) is 0 Å². The van der Waals surface area contributed by atoms with E-state index in [1.165, 1.54) is 11.3 Å². The first-order chi connectivity index (χ1) is 15.1. The summed E-state index contributed by atoms with van der Waals surface area (Å²) < 4.78 is 2.10. The van der Waals surface area contributed by atoms with Crippen LogP contribution in [0.5, 0.6) is 0 Å². The minimum atomic E-state index is -0.0252. The molecule has 0 saturated carbocycles. The van der Waals surface area contributed by atoms with E-state index in [1.54, 1.807) is 4.90 Å². The van der Waals surface area contributed by atoms with Gasteiger partial charge in [-0.3, -0.25) is 9.59 Å². The van der Waals surface area contributed by atoms with Gasteiger partial charge in [-0.15, -0.1) is 11.3 Å². The summed E-state index contributed by atoms with van der Waals surface area (Å²) in [7, 11) is 0. The Morgan fingerprint density at radius 3 is 2.39 bits per heavy atom. The summed E-state index contributed by atoms with van der Waals surface area (Å²) in [6, 6.07) is 13.4. The maximum Gasteiger partial charge on any atom is 0.273 e. The molecule has 0 N–H and O–H groups in total. The highest BCUT2D eigenvalue weighted by Gasteiger charge is 2.19. The first-order valence-corrected chi connectivity index (χ1v) is 11.7. The van der Waals surface area contributed by atoms with Crippen molar-refractivity contribution in [3.8, 4) is 0 Å². The molecular formula is C24H30N4O2S. The van der Waals surface area contributed by atoms with E-state index in [0.717, 1.165) is 17.1 Å². The van der Waals surface area contributed by atoms with Crippen LogP contribution >= 0.6 is 11.3 Å². The molecule has 0 saturated heterocycles. The number of rotatable bonds is 10. The third-order valence-corrected chi connectivity index (χ3v) is 6.04. The zero-order chi connectivity index (χ0) is 22.2. The standard InChI is InChI=1S/C24H30N4O2S/c1-4-14-28(23(29)19-11-8-7-9-12-19)16-20-13-10-15-27(20)17-22-25-21(18-31-22)24(30)26(5-2)6-3/h7-13,15,18H,4-6,14,16-17H2,1-3H3. The Bertz CT molecular complexity index is 992. The van der Waals surface area contributed by atoms with Crippen molar-refractivity contribution >= 4 is 23.2 Å². The number of aromatic nitrogens is 2. The Morgan fingerprint density at radius 2 is 1.71 bits per heavy atom. The molecule has 7 heteroatoms. The summed E-state index contributed by atoms with van der Waals surface area (Å²) in [6.45, 7) is 9.18. The summed E-state index contributed by atoms with van der Waals surface area (Å²) in [5.74, 6) is 0.0133. The normalized spacial score (nSPS) is 10.8. The van der Waals surface area contributed by atoms with Crippen molar-refractivity contribution in [2.45, 2.75) is 40.3 Å². The number of hydrogen-bond donors (Lipinski definition) is 0. The van der Waals surface area contributed by atoms with Crippen molar-refractivity contribution in [3.63, 3.8) is 0 Å². The quantitative estimate of drug-likeness (QED) is 0.467. The van der Waals surface area contributed by atoms with Gasteiger partial charge in [-0.25, -0.2) is 4.98 Å². The van der Waals surface area contributed by atoms with Crippen LogP contribution in [0.25, 0.3) is 0 Å². The van der Waals surface area contributed by atoms with Crippen LogP contribution in [0.15, 0.2) is 54.0 Å². The number of hydrogen-bond acceptors (Lipinski definition) is 4. The first kappa shape index (κ1) is 22.7. The highest BCUT2D eigenvalue weighted by Crippen LogP contribution is 2.17. The van der Waals surface area contributed by atoms with Gasteiger partial charge in [-0.1, -0.05) is 25.1 Å². The van der Waals surface area contributed by atoms with E-state index in [2.05, 4.69) is 16.5 Å². The second kappa shape index (κ2) is 10.9. The minimum absolute atomic E-state index is 0.0252. The van der Waals surface area contributed by atoms with Crippen molar-refractivity contribution in [1.82, 2.24) is 19.4 Å². The Balaban J connectivity index is 1.73. The third kappa shape index (κ3) is 5.61. The molecule has 3 rings (SSSR count). The number of thiazole rings is 1. The van der Waals surface area contributed by atoms with Crippen LogP contribution in [-0.2, 0) is 13.1 Å². The highest BCUT2D eigenvalue weighted by molar-refractivity contribution is 7.09. The number of amides is 2. The highest BCUT2D eigenvalue weighted by atomic mass is 32.1. The van der Waals surface area contributed by atoms with E-state index in [0.29, 0.717) is 44.0 Å². The van der Waals surface area contributed by atoms with Crippen molar-refractivity contribution in [2.24, 2.45) is 0 Å². The van der Waals surface area contributed by atoms with Gasteiger partial charge in [0.1, 0.15) is 10.7 Å². The largest absolute Gasteiger partial charge is 0.343 e. The summed E-state index contributed by atoms with van der Waals surface area (Å²) in [4.78, 5) is 33.8. The predicted octanol–water partition coefficient (Wildman–Crippen LogP) is 4.53. The average Bonchev–Trinajstić information content (AvgIpc) is 3.44. The second-order valence-electron chi connectivity index (χ2n) is 7.32. The van der Waals surface area contributed by atoms with Crippen molar-refractivity contribution in [2.75, 3.05) is 19.6 Å². The summed E-state index contributed by atoms with van der Waals surface area (Å²) in [5, 5.41) is 2.71. The fraction of sp³-hybridized carbons (Fsp3) is 0.375. The zero-order valence-corrected chi connectivity index (χ0v) is 19.3. The molecule has 3 aromatic rings. The molecule has 0 aliphatic heterocycles. The SMILES string of the molecule is CCCN(Cc1cccn1Cc1nc(C(=O)N(CC)CC)cs1)C(=O)c1ccccc1. The fourth-order valence-electron chi connectivity index (χ4n) is 3.53. The Kier molecular flexibility index (Phi) is 8.00. The molecule has 0 spiro atoms. The molecule has 6 nitrogen and oxygen atoms in total. The molecule has 0 fully saturated rings. The summed E-state index contributed by atoms with van der Waals surface area (Å²) in [6.07, 6.45) is 2.89. The van der Waals surface area contributed by atoms with E-state index in [-0.39, 0.29) is 11.8 Å². The van der Waals surface area contributed by atoms with Crippen LogP contribution in [0.2, 0.25) is 0 Å². The lowest BCUT2D eigenvalue weighted by Gasteiger charge is -2.23. The van der Waals surface area contributed by atoms with Gasteiger partial charge in [0, 0.05) is 42.5 Å². The van der Waals surface area contributed by atoms with Crippen LogP contribution in [0.1, 0.15) is 58.7 Å². The van der Waals surface area contributed by atoms with Gasteiger partial charge < -0.3 is 14.4 Å². The molecule has 2 heterocycles. The molecule has 164 valence electrons. The lowest BCUT2D eigenvalue weighted by Crippen LogP contribution is -2.32. The number of carbonyl (C=O) groups is 2. The third-order valence-electron chi connectivity index (χ3n) is 5.20. The molecule has 0 atom stereocenters. The van der Waals surface area contributed by atoms with Crippen LogP contribution in [0, 0.1) is 0 Å². The van der Waals surface area contributed by atoms with Gasteiger partial charge in [0.2, 0.25) is 0 Å². The van der Waals surface area contributed by atoms with Gasteiger partial charge in [-0.2, -0.15) is 0 Å². The number of carbonyl (C=O) groups excluding carboxylic acids is 2. The van der Waals surface area contributed by atoms with Crippen molar-refractivity contribution in [1.29, 1.82) is 0 Å². The average molecular weight is 439 g/mol. The topological polar surface area (TPSA) is 58.4 Å². The molecule has 2 amide bonds. The lowest BCUT2D eigenvalue weighted by molar-refractivity contribution is 0.0737. The predicted molar refractivity (Wildman–Crippen MR) is 124 cm³/mol. The van der Waals surface area contributed by atoms with E-state index < -0.39 is 0 Å². The van der Waals surface area contributed by atoms with E-state index in [9.17, 15) is 9.59 Å². The fourth-order valence-corrected chi connectivity index (χ4v) is 4.29. The Labute approximate surface area is 188 Å². The maximum atomic E-state index is 13.0. The number of nitrogens with zero attached hydrogens (tertiary/aromatic N) is 4.